The summed E-state index contributed by atoms with van der Waals surface area (Å²) in [4.78, 5) is 11.9. The van der Waals surface area contributed by atoms with Crippen LogP contribution in [0.4, 0.5) is 0 Å². The van der Waals surface area contributed by atoms with Crippen LogP contribution in [0, 0.1) is 5.92 Å². The van der Waals surface area contributed by atoms with Gasteiger partial charge in [-0.1, -0.05) is 78.1 Å². The van der Waals surface area contributed by atoms with Crippen LogP contribution in [-0.4, -0.2) is 12.1 Å². The average Bonchev–Trinajstić information content (AvgIpc) is 2.46. The maximum absolute atomic E-state index is 11.9. The van der Waals surface area contributed by atoms with Gasteiger partial charge in [0.2, 0.25) is 0 Å². The van der Waals surface area contributed by atoms with E-state index in [1.54, 1.807) is 0 Å². The fourth-order valence-electron chi connectivity index (χ4n) is 3.11. The molecule has 2 heteroatoms. The van der Waals surface area contributed by atoms with Crippen molar-refractivity contribution in [3.8, 4) is 0 Å². The van der Waals surface area contributed by atoms with E-state index in [4.69, 9.17) is 4.74 Å². The van der Waals surface area contributed by atoms with Crippen LogP contribution in [0.5, 0.6) is 0 Å². The first-order valence-electron chi connectivity index (χ1n) is 9.98. The normalized spacial score (nSPS) is 16.3. The summed E-state index contributed by atoms with van der Waals surface area (Å²) in [6.45, 7) is 4.40. The molecule has 1 rings (SSSR count). The molecule has 1 aliphatic rings. The minimum Gasteiger partial charge on any atom is -0.462 e. The van der Waals surface area contributed by atoms with Gasteiger partial charge in [0.1, 0.15) is 6.10 Å². The van der Waals surface area contributed by atoms with E-state index in [2.05, 4.69) is 13.8 Å². The molecule has 0 aromatic carbocycles. The summed E-state index contributed by atoms with van der Waals surface area (Å²) in [5.74, 6) is 0.298. The van der Waals surface area contributed by atoms with E-state index in [1.165, 1.54) is 70.6 Å². The third kappa shape index (κ3) is 8.80. The topological polar surface area (TPSA) is 26.3 Å². The van der Waals surface area contributed by atoms with Crippen molar-refractivity contribution in [1.82, 2.24) is 0 Å². The van der Waals surface area contributed by atoms with E-state index in [-0.39, 0.29) is 18.0 Å². The third-order valence-electron chi connectivity index (χ3n) is 5.06. The fourth-order valence-corrected chi connectivity index (χ4v) is 3.11. The van der Waals surface area contributed by atoms with E-state index in [9.17, 15) is 4.79 Å². The molecule has 1 fully saturated rings. The van der Waals surface area contributed by atoms with Crippen molar-refractivity contribution in [2.45, 2.75) is 116 Å². The van der Waals surface area contributed by atoms with Crippen LogP contribution in [0.15, 0.2) is 0 Å². The van der Waals surface area contributed by atoms with Gasteiger partial charge in [-0.2, -0.15) is 0 Å². The molecule has 130 valence electrons. The summed E-state index contributed by atoms with van der Waals surface area (Å²) in [5.41, 5.74) is 0. The second-order valence-electron chi connectivity index (χ2n) is 7.07. The third-order valence-corrected chi connectivity index (χ3v) is 5.06. The smallest absolute Gasteiger partial charge is 0.309 e. The molecule has 0 aliphatic heterocycles. The minimum atomic E-state index is 0.0742. The molecule has 1 unspecified atom stereocenters. The van der Waals surface area contributed by atoms with E-state index < -0.39 is 0 Å². The summed E-state index contributed by atoms with van der Waals surface area (Å²) >= 11 is 0. The molecule has 0 heterocycles. The average molecular weight is 311 g/mol. The van der Waals surface area contributed by atoms with Crippen molar-refractivity contribution < 1.29 is 9.53 Å². The monoisotopic (exact) mass is 310 g/mol. The molecule has 0 saturated heterocycles. The fraction of sp³-hybridized carbons (Fsp3) is 0.950. The lowest BCUT2D eigenvalue weighted by atomic mass is 9.85. The van der Waals surface area contributed by atoms with Gasteiger partial charge in [-0.3, -0.25) is 4.79 Å². The van der Waals surface area contributed by atoms with Gasteiger partial charge in [0.25, 0.3) is 0 Å². The molecule has 22 heavy (non-hydrogen) atoms. The maximum atomic E-state index is 11.9. The predicted molar refractivity (Wildman–Crippen MR) is 94.0 cm³/mol. The van der Waals surface area contributed by atoms with E-state index in [0.29, 0.717) is 0 Å². The van der Waals surface area contributed by atoms with Gasteiger partial charge in [-0.15, -0.1) is 0 Å². The molecular formula is C20H38O2. The van der Waals surface area contributed by atoms with Crippen molar-refractivity contribution in [3.05, 3.63) is 0 Å². The van der Waals surface area contributed by atoms with E-state index in [0.717, 1.165) is 25.7 Å². The molecular weight excluding hydrogens is 272 g/mol. The van der Waals surface area contributed by atoms with E-state index >= 15 is 0 Å². The molecule has 0 radical (unpaired) electrons. The van der Waals surface area contributed by atoms with Crippen LogP contribution in [0.3, 0.4) is 0 Å². The Hall–Kier alpha value is -0.530. The number of hydrogen-bond acceptors (Lipinski definition) is 2. The van der Waals surface area contributed by atoms with Crippen molar-refractivity contribution in [1.29, 1.82) is 0 Å². The maximum Gasteiger partial charge on any atom is 0.309 e. The summed E-state index contributed by atoms with van der Waals surface area (Å²) in [7, 11) is 0. The first kappa shape index (κ1) is 19.5. The number of esters is 1. The highest BCUT2D eigenvalue weighted by molar-refractivity contribution is 5.73. The number of carbonyl (C=O) groups is 1. The highest BCUT2D eigenvalue weighted by atomic mass is 16.5. The molecule has 1 saturated carbocycles. The van der Waals surface area contributed by atoms with Gasteiger partial charge < -0.3 is 4.74 Å². The number of unbranched alkanes of at least 4 members (excludes halogenated alkanes) is 9. The Bertz CT molecular complexity index is 271. The molecule has 0 aromatic rings. The molecule has 0 N–H and O–H groups in total. The van der Waals surface area contributed by atoms with Crippen molar-refractivity contribution in [3.63, 3.8) is 0 Å². The minimum absolute atomic E-state index is 0.0742. The van der Waals surface area contributed by atoms with Crippen molar-refractivity contribution >= 4 is 5.97 Å². The zero-order valence-electron chi connectivity index (χ0n) is 15.1. The van der Waals surface area contributed by atoms with Crippen molar-refractivity contribution in [2.24, 2.45) is 5.92 Å². The van der Waals surface area contributed by atoms with Gasteiger partial charge in [-0.25, -0.2) is 0 Å². The number of rotatable bonds is 14. The first-order chi connectivity index (χ1) is 10.8. The Labute approximate surface area is 138 Å². The lowest BCUT2D eigenvalue weighted by molar-refractivity contribution is -0.157. The van der Waals surface area contributed by atoms with Crippen LogP contribution in [0.2, 0.25) is 0 Å². The summed E-state index contributed by atoms with van der Waals surface area (Å²) in [5, 5.41) is 0. The first-order valence-corrected chi connectivity index (χ1v) is 9.98. The second-order valence-corrected chi connectivity index (χ2v) is 7.07. The summed E-state index contributed by atoms with van der Waals surface area (Å²) < 4.78 is 5.65. The van der Waals surface area contributed by atoms with Gasteiger partial charge >= 0.3 is 5.97 Å². The Kier molecular flexibility index (Phi) is 11.5. The van der Waals surface area contributed by atoms with Gasteiger partial charge in [0.15, 0.2) is 0 Å². The van der Waals surface area contributed by atoms with Gasteiger partial charge in [0, 0.05) is 0 Å². The molecule has 0 bridgehead atoms. The highest BCUT2D eigenvalue weighted by Gasteiger charge is 2.28. The number of ether oxygens (including phenoxy) is 1. The molecule has 0 spiro atoms. The second kappa shape index (κ2) is 13.0. The van der Waals surface area contributed by atoms with Gasteiger partial charge in [-0.05, 0) is 32.1 Å². The zero-order valence-corrected chi connectivity index (χ0v) is 15.1. The lowest BCUT2D eigenvalue weighted by Gasteiger charge is -2.26. The van der Waals surface area contributed by atoms with E-state index in [1.807, 2.05) is 0 Å². The molecule has 1 atom stereocenters. The summed E-state index contributed by atoms with van der Waals surface area (Å²) in [6, 6.07) is 0. The highest BCUT2D eigenvalue weighted by Crippen LogP contribution is 2.28. The Morgan fingerprint density at radius 1 is 0.909 bits per heavy atom. The molecule has 0 amide bonds. The molecule has 1 aliphatic carbocycles. The largest absolute Gasteiger partial charge is 0.462 e. The number of carbonyl (C=O) groups excluding carboxylic acids is 1. The van der Waals surface area contributed by atoms with Crippen molar-refractivity contribution in [2.75, 3.05) is 0 Å². The predicted octanol–water partition coefficient (Wildman–Crippen LogP) is 6.42. The Morgan fingerprint density at radius 2 is 1.45 bits per heavy atom. The standard InChI is InChI=1S/C20H38O2/c1-3-5-6-7-8-9-10-11-12-13-17-19(4-2)22-20(21)18-15-14-16-18/h18-19H,3-17H2,1-2H3. The zero-order chi connectivity index (χ0) is 16.0. The Morgan fingerprint density at radius 3 is 1.91 bits per heavy atom. The summed E-state index contributed by atoms with van der Waals surface area (Å²) in [6.07, 6.45) is 19.1. The lowest BCUT2D eigenvalue weighted by Crippen LogP contribution is -2.28. The Balaban J connectivity index is 1.90. The van der Waals surface area contributed by atoms with Crippen LogP contribution in [-0.2, 0) is 9.53 Å². The van der Waals surface area contributed by atoms with Crippen LogP contribution >= 0.6 is 0 Å². The quantitative estimate of drug-likeness (QED) is 0.273. The number of hydrogen-bond donors (Lipinski definition) is 0. The van der Waals surface area contributed by atoms with Crippen LogP contribution in [0.1, 0.15) is 110 Å². The van der Waals surface area contributed by atoms with Crippen LogP contribution < -0.4 is 0 Å². The van der Waals surface area contributed by atoms with Gasteiger partial charge in [0.05, 0.1) is 5.92 Å². The molecule has 2 nitrogen and oxygen atoms in total. The SMILES string of the molecule is CCCCCCCCCCCCC(CC)OC(=O)C1CCC1. The van der Waals surface area contributed by atoms with Crippen LogP contribution in [0.25, 0.3) is 0 Å². The molecule has 0 aromatic heterocycles.